The van der Waals surface area contributed by atoms with Gasteiger partial charge in [-0.25, -0.2) is 0 Å². The van der Waals surface area contributed by atoms with Crippen LogP contribution in [0.3, 0.4) is 0 Å². The average molecular weight is 315 g/mol. The van der Waals surface area contributed by atoms with Crippen LogP contribution in [0.1, 0.15) is 5.56 Å². The van der Waals surface area contributed by atoms with Crippen molar-refractivity contribution in [3.63, 3.8) is 0 Å². The van der Waals surface area contributed by atoms with Gasteiger partial charge in [-0.1, -0.05) is 36.4 Å². The molecule has 2 heterocycles. The summed E-state index contributed by atoms with van der Waals surface area (Å²) in [6, 6.07) is 21.8. The van der Waals surface area contributed by atoms with Crippen molar-refractivity contribution in [2.24, 2.45) is 7.05 Å². The second-order valence-electron chi connectivity index (χ2n) is 5.89. The molecule has 0 atom stereocenters. The monoisotopic (exact) mass is 315 g/mol. The van der Waals surface area contributed by atoms with Gasteiger partial charge in [-0.2, -0.15) is 5.10 Å². The fourth-order valence-corrected chi connectivity index (χ4v) is 2.92. The molecule has 118 valence electrons. The van der Waals surface area contributed by atoms with E-state index in [1.54, 1.807) is 17.7 Å². The average Bonchev–Trinajstić information content (AvgIpc) is 3.07. The van der Waals surface area contributed by atoms with E-state index >= 15 is 0 Å². The Morgan fingerprint density at radius 2 is 1.79 bits per heavy atom. The summed E-state index contributed by atoms with van der Waals surface area (Å²) in [4.78, 5) is 11.7. The number of hydrogen-bond acceptors (Lipinski definition) is 2. The summed E-state index contributed by atoms with van der Waals surface area (Å²) in [5, 5.41) is 5.71. The maximum atomic E-state index is 11.7. The zero-order valence-electron chi connectivity index (χ0n) is 13.4. The summed E-state index contributed by atoms with van der Waals surface area (Å²) >= 11 is 0. The molecule has 0 aliphatic rings. The van der Waals surface area contributed by atoms with Crippen LogP contribution < -0.4 is 5.56 Å². The highest BCUT2D eigenvalue weighted by Gasteiger charge is 2.06. The summed E-state index contributed by atoms with van der Waals surface area (Å²) in [6.45, 7) is 0.753. The number of rotatable bonds is 3. The van der Waals surface area contributed by atoms with Crippen LogP contribution in [0.25, 0.3) is 22.2 Å². The standard InChI is InChI=1S/C20H17N3O/c1-22-19-9-7-16(13-17(19)8-10-20(22)24)18-11-12-23(21-18)14-15-5-3-2-4-6-15/h2-13H,14H2,1H3. The van der Waals surface area contributed by atoms with Crippen molar-refractivity contribution >= 4 is 10.9 Å². The largest absolute Gasteiger partial charge is 0.311 e. The van der Waals surface area contributed by atoms with Crippen molar-refractivity contribution < 1.29 is 0 Å². The van der Waals surface area contributed by atoms with Gasteiger partial charge >= 0.3 is 0 Å². The summed E-state index contributed by atoms with van der Waals surface area (Å²) in [7, 11) is 1.79. The molecule has 4 aromatic rings. The lowest BCUT2D eigenvalue weighted by Crippen LogP contribution is -2.14. The number of benzene rings is 2. The molecule has 0 saturated heterocycles. The van der Waals surface area contributed by atoms with Gasteiger partial charge in [0.25, 0.3) is 5.56 Å². The van der Waals surface area contributed by atoms with E-state index < -0.39 is 0 Å². The maximum Gasteiger partial charge on any atom is 0.250 e. The minimum atomic E-state index is 0.00221. The first-order valence-corrected chi connectivity index (χ1v) is 7.88. The normalized spacial score (nSPS) is 11.0. The Morgan fingerprint density at radius 1 is 0.958 bits per heavy atom. The van der Waals surface area contributed by atoms with E-state index in [0.717, 1.165) is 28.7 Å². The molecule has 0 fully saturated rings. The lowest BCUT2D eigenvalue weighted by atomic mass is 10.1. The van der Waals surface area contributed by atoms with Crippen molar-refractivity contribution in [1.29, 1.82) is 0 Å². The molecule has 0 saturated carbocycles. The molecule has 0 bridgehead atoms. The molecule has 0 aliphatic heterocycles. The summed E-state index contributed by atoms with van der Waals surface area (Å²) in [5.74, 6) is 0. The molecule has 0 spiro atoms. The van der Waals surface area contributed by atoms with Crippen molar-refractivity contribution in [1.82, 2.24) is 14.3 Å². The fraction of sp³-hybridized carbons (Fsp3) is 0.100. The van der Waals surface area contributed by atoms with Crippen LogP contribution in [0.4, 0.5) is 0 Å². The minimum Gasteiger partial charge on any atom is -0.311 e. The predicted molar refractivity (Wildman–Crippen MR) is 96.0 cm³/mol. The molecule has 0 amide bonds. The number of aromatic nitrogens is 3. The highest BCUT2D eigenvalue weighted by molar-refractivity contribution is 5.84. The number of hydrogen-bond donors (Lipinski definition) is 0. The van der Waals surface area contributed by atoms with E-state index in [9.17, 15) is 4.79 Å². The first-order valence-electron chi connectivity index (χ1n) is 7.88. The Morgan fingerprint density at radius 3 is 2.62 bits per heavy atom. The van der Waals surface area contributed by atoms with Gasteiger partial charge in [0.2, 0.25) is 0 Å². The smallest absolute Gasteiger partial charge is 0.250 e. The third kappa shape index (κ3) is 2.63. The van der Waals surface area contributed by atoms with E-state index in [4.69, 9.17) is 0 Å². The van der Waals surface area contributed by atoms with Gasteiger partial charge in [0, 0.05) is 24.9 Å². The fourth-order valence-electron chi connectivity index (χ4n) is 2.92. The van der Waals surface area contributed by atoms with Crippen LogP contribution in [-0.2, 0) is 13.6 Å². The quantitative estimate of drug-likeness (QED) is 0.581. The van der Waals surface area contributed by atoms with Crippen LogP contribution in [0, 0.1) is 0 Å². The molecule has 4 heteroatoms. The Hall–Kier alpha value is -3.14. The lowest BCUT2D eigenvalue weighted by Gasteiger charge is -2.06. The molecule has 0 radical (unpaired) electrons. The van der Waals surface area contributed by atoms with Crippen LogP contribution >= 0.6 is 0 Å². The summed E-state index contributed by atoms with van der Waals surface area (Å²) in [5.41, 5.74) is 4.13. The van der Waals surface area contributed by atoms with Gasteiger partial charge < -0.3 is 4.57 Å². The first-order chi connectivity index (χ1) is 11.7. The van der Waals surface area contributed by atoms with Crippen LogP contribution in [0.5, 0.6) is 0 Å². The van der Waals surface area contributed by atoms with Gasteiger partial charge in [0.15, 0.2) is 0 Å². The second kappa shape index (κ2) is 5.81. The van der Waals surface area contributed by atoms with Crippen molar-refractivity contribution in [3.05, 3.63) is 88.8 Å². The van der Waals surface area contributed by atoms with Crippen molar-refractivity contribution in [3.8, 4) is 11.3 Å². The molecule has 0 N–H and O–H groups in total. The third-order valence-corrected chi connectivity index (χ3v) is 4.25. The summed E-state index contributed by atoms with van der Waals surface area (Å²) in [6.07, 6.45) is 1.99. The van der Waals surface area contributed by atoms with E-state index in [0.29, 0.717) is 0 Å². The Kier molecular flexibility index (Phi) is 3.50. The van der Waals surface area contributed by atoms with Gasteiger partial charge in [0.05, 0.1) is 17.8 Å². The lowest BCUT2D eigenvalue weighted by molar-refractivity contribution is 0.689. The SMILES string of the molecule is Cn1c(=O)ccc2cc(-c3ccn(Cc4ccccc4)n3)ccc21. The maximum absolute atomic E-state index is 11.7. The molecule has 4 rings (SSSR count). The molecule has 24 heavy (non-hydrogen) atoms. The Balaban J connectivity index is 1.68. The van der Waals surface area contributed by atoms with Gasteiger partial charge in [0.1, 0.15) is 0 Å². The number of aryl methyl sites for hydroxylation is 1. The van der Waals surface area contributed by atoms with Gasteiger partial charge in [-0.15, -0.1) is 0 Å². The molecule has 2 aromatic carbocycles. The predicted octanol–water partition coefficient (Wildman–Crippen LogP) is 3.45. The summed E-state index contributed by atoms with van der Waals surface area (Å²) < 4.78 is 3.60. The van der Waals surface area contributed by atoms with Crippen LogP contribution in [0.2, 0.25) is 0 Å². The van der Waals surface area contributed by atoms with Gasteiger partial charge in [-0.3, -0.25) is 9.48 Å². The topological polar surface area (TPSA) is 39.8 Å². The molecule has 2 aromatic heterocycles. The van der Waals surface area contributed by atoms with Crippen molar-refractivity contribution in [2.75, 3.05) is 0 Å². The van der Waals surface area contributed by atoms with E-state index in [2.05, 4.69) is 23.3 Å². The molecular weight excluding hydrogens is 298 g/mol. The van der Waals surface area contributed by atoms with Gasteiger partial charge in [-0.05, 0) is 35.2 Å². The molecular formula is C20H17N3O. The minimum absolute atomic E-state index is 0.00221. The van der Waals surface area contributed by atoms with E-state index in [1.165, 1.54) is 5.56 Å². The molecule has 4 nitrogen and oxygen atoms in total. The number of fused-ring (bicyclic) bond motifs is 1. The second-order valence-corrected chi connectivity index (χ2v) is 5.89. The number of nitrogens with zero attached hydrogens (tertiary/aromatic N) is 3. The molecule has 0 aliphatic carbocycles. The van der Waals surface area contributed by atoms with E-state index in [-0.39, 0.29) is 5.56 Å². The Bertz CT molecular complexity index is 1060. The Labute approximate surface area is 139 Å². The van der Waals surface area contributed by atoms with Crippen LogP contribution in [0.15, 0.2) is 77.7 Å². The van der Waals surface area contributed by atoms with Crippen LogP contribution in [-0.4, -0.2) is 14.3 Å². The van der Waals surface area contributed by atoms with Crippen molar-refractivity contribution in [2.45, 2.75) is 6.54 Å². The zero-order chi connectivity index (χ0) is 16.5. The highest BCUT2D eigenvalue weighted by atomic mass is 16.1. The first kappa shape index (κ1) is 14.5. The third-order valence-electron chi connectivity index (χ3n) is 4.25. The van der Waals surface area contributed by atoms with E-state index in [1.807, 2.05) is 53.3 Å². The number of pyridine rings is 1. The zero-order valence-corrected chi connectivity index (χ0v) is 13.4. The molecule has 0 unspecified atom stereocenters. The highest BCUT2D eigenvalue weighted by Crippen LogP contribution is 2.22.